The van der Waals surface area contributed by atoms with Gasteiger partial charge in [0.25, 0.3) is 21.2 Å². The van der Waals surface area contributed by atoms with Gasteiger partial charge >= 0.3 is 11.4 Å². The number of hydrogen-bond donors (Lipinski definition) is 5. The molecule has 344 valence electrons. The predicted octanol–water partition coefficient (Wildman–Crippen LogP) is 4.75. The first-order valence-electron chi connectivity index (χ1n) is 20.9. The Balaban J connectivity index is 0.000000196. The van der Waals surface area contributed by atoms with Crippen molar-refractivity contribution < 1.29 is 27.6 Å². The normalized spacial score (nSPS) is 11.6. The van der Waals surface area contributed by atoms with Crippen molar-refractivity contribution in [3.8, 4) is 0 Å². The van der Waals surface area contributed by atoms with Gasteiger partial charge in [-0.15, -0.1) is 4.33 Å². The molecule has 66 heavy (non-hydrogen) atoms. The van der Waals surface area contributed by atoms with E-state index in [1.54, 1.807) is 12.1 Å². The third-order valence-electron chi connectivity index (χ3n) is 10.6. The number of aromatic amines is 2. The van der Waals surface area contributed by atoms with Gasteiger partial charge in [-0.1, -0.05) is 96.9 Å². The number of imidazole rings is 2. The van der Waals surface area contributed by atoms with Crippen LogP contribution in [-0.4, -0.2) is 62.2 Å². The Hall–Kier alpha value is -6.88. The molecule has 0 saturated heterocycles. The number of nitrogens with two attached hydrogens (primary N) is 1. The third-order valence-corrected chi connectivity index (χ3v) is 12.0. The molecule has 0 radical (unpaired) electrons. The molecule has 4 aromatic carbocycles. The van der Waals surface area contributed by atoms with E-state index in [-0.39, 0.29) is 34.8 Å². The van der Waals surface area contributed by atoms with Crippen molar-refractivity contribution in [2.75, 3.05) is 11.5 Å². The molecule has 0 saturated carbocycles. The van der Waals surface area contributed by atoms with Crippen molar-refractivity contribution in [1.29, 1.82) is 0 Å². The first-order chi connectivity index (χ1) is 31.8. The highest BCUT2D eigenvalue weighted by molar-refractivity contribution is 7.94. The van der Waals surface area contributed by atoms with E-state index in [4.69, 9.17) is 15.5 Å². The standard InChI is InChI=1S/C23H24N4O5S.C22H23N5O5S/c1-2-13-27-22(28)20-21(25-19(24-20)15-17-6-4-3-5-7-17)26(23(27)29)14-12-16-8-10-18(11-9-16)33(30,31)32;23-17-8-6-15(7-9-17)10-11-26-20-19(21(28)27(22(26)29)12-13-33-32-31-30)24-18(25-20)14-16-4-2-1-3-5-16/h3-11H,2,12-15H2,1H3,(H,24,25)(H,30,31,32);1-9,30H,10-14,23H2,(H,24,25). The second-order valence-electron chi connectivity index (χ2n) is 15.2. The molecule has 8 aromatic rings. The molecule has 0 fully saturated rings. The maximum Gasteiger partial charge on any atom is 0.332 e. The number of H-pyrrole nitrogens is 2. The number of aryl methyl sites for hydroxylation is 4. The monoisotopic (exact) mass is 937 g/mol. The molecule has 4 aromatic heterocycles. The molecule has 0 bridgehead atoms. The summed E-state index contributed by atoms with van der Waals surface area (Å²) in [5, 5.41) is 11.8. The number of anilines is 1. The summed E-state index contributed by atoms with van der Waals surface area (Å²) >= 11 is 0.778. The second kappa shape index (κ2) is 21.4. The minimum atomic E-state index is -4.27. The largest absolute Gasteiger partial charge is 0.399 e. The van der Waals surface area contributed by atoms with Gasteiger partial charge in [-0.2, -0.15) is 8.42 Å². The molecule has 0 spiro atoms. The average molecular weight is 938 g/mol. The van der Waals surface area contributed by atoms with Crippen LogP contribution in [0.15, 0.2) is 133 Å². The Morgan fingerprint density at radius 1 is 0.621 bits per heavy atom. The summed E-state index contributed by atoms with van der Waals surface area (Å²) in [5.41, 5.74) is 9.69. The van der Waals surface area contributed by atoms with Crippen LogP contribution in [0.1, 0.15) is 47.2 Å². The fraction of sp³-hybridized carbons (Fsp3) is 0.244. The summed E-state index contributed by atoms with van der Waals surface area (Å²) in [6.07, 6.45) is 2.59. The summed E-state index contributed by atoms with van der Waals surface area (Å²) in [4.78, 5) is 67.6. The van der Waals surface area contributed by atoms with Crippen LogP contribution < -0.4 is 28.2 Å². The van der Waals surface area contributed by atoms with E-state index in [1.165, 1.54) is 25.8 Å². The summed E-state index contributed by atoms with van der Waals surface area (Å²) in [6.45, 7) is 2.84. The van der Waals surface area contributed by atoms with E-state index in [0.717, 1.165) is 38.9 Å². The van der Waals surface area contributed by atoms with Gasteiger partial charge < -0.3 is 15.7 Å². The van der Waals surface area contributed by atoms with E-state index in [9.17, 15) is 27.6 Å². The van der Waals surface area contributed by atoms with E-state index >= 15 is 0 Å². The fourth-order valence-electron chi connectivity index (χ4n) is 7.37. The predicted molar refractivity (Wildman–Crippen MR) is 250 cm³/mol. The maximum absolute atomic E-state index is 13.2. The Morgan fingerprint density at radius 3 is 1.52 bits per heavy atom. The maximum atomic E-state index is 13.2. The Bertz CT molecular complexity index is 3270. The first kappa shape index (κ1) is 47.1. The lowest BCUT2D eigenvalue weighted by molar-refractivity contribution is -0.432. The van der Waals surface area contributed by atoms with Crippen LogP contribution in [0.4, 0.5) is 5.69 Å². The molecule has 21 heteroatoms. The number of rotatable bonds is 18. The van der Waals surface area contributed by atoms with Crippen molar-refractivity contribution in [1.82, 2.24) is 38.2 Å². The Kier molecular flexibility index (Phi) is 15.3. The zero-order valence-corrected chi connectivity index (χ0v) is 37.3. The van der Waals surface area contributed by atoms with Crippen LogP contribution in [0.3, 0.4) is 0 Å². The average Bonchev–Trinajstić information content (AvgIpc) is 3.93. The number of nitrogen functional groups attached to an aromatic ring is 1. The van der Waals surface area contributed by atoms with Crippen LogP contribution in [-0.2, 0) is 71.4 Å². The SMILES string of the molecule is CCCn1c(=O)c2[nH]c(Cc3ccccc3)nc2n(CCc2ccc(S(=O)(=O)O)cc2)c1=O.Nc1ccc(CCn2c(=O)n(CCSOOO)c(=O)c3[nH]c(Cc4ccccc4)nc32)cc1. The lowest BCUT2D eigenvalue weighted by Crippen LogP contribution is -2.41. The van der Waals surface area contributed by atoms with Crippen molar-refractivity contribution >= 4 is 50.2 Å². The first-order valence-corrected chi connectivity index (χ1v) is 23.2. The summed E-state index contributed by atoms with van der Waals surface area (Å²) < 4.78 is 41.3. The molecular weight excluding hydrogens is 891 g/mol. The van der Waals surface area contributed by atoms with Crippen LogP contribution >= 0.6 is 12.0 Å². The van der Waals surface area contributed by atoms with E-state index in [0.29, 0.717) is 73.8 Å². The summed E-state index contributed by atoms with van der Waals surface area (Å²) in [7, 11) is -4.27. The fourth-order valence-corrected chi connectivity index (χ4v) is 8.22. The Labute approximate surface area is 381 Å². The van der Waals surface area contributed by atoms with E-state index in [2.05, 4.69) is 29.3 Å². The zero-order valence-electron chi connectivity index (χ0n) is 35.7. The molecule has 6 N–H and O–H groups in total. The molecule has 19 nitrogen and oxygen atoms in total. The molecule has 0 atom stereocenters. The second-order valence-corrected chi connectivity index (χ2v) is 17.4. The molecular formula is C45H47N9O10S2. The van der Waals surface area contributed by atoms with Gasteiger partial charge in [0, 0.05) is 62.5 Å². The minimum Gasteiger partial charge on any atom is -0.399 e. The number of nitrogens with one attached hydrogen (secondary N) is 2. The van der Waals surface area contributed by atoms with Gasteiger partial charge in [0.1, 0.15) is 22.7 Å². The lowest BCUT2D eigenvalue weighted by atomic mass is 10.1. The van der Waals surface area contributed by atoms with Crippen molar-refractivity contribution in [2.45, 2.75) is 70.1 Å². The number of hydrogen-bond acceptors (Lipinski definition) is 13. The molecule has 0 aliphatic rings. The topological polar surface area (TPSA) is 264 Å². The number of nitrogens with zero attached hydrogens (tertiary/aromatic N) is 6. The third kappa shape index (κ3) is 11.3. The van der Waals surface area contributed by atoms with E-state index in [1.807, 2.05) is 91.9 Å². The van der Waals surface area contributed by atoms with Gasteiger partial charge in [-0.05, 0) is 65.8 Å². The highest BCUT2D eigenvalue weighted by Gasteiger charge is 2.20. The van der Waals surface area contributed by atoms with Crippen molar-refractivity contribution in [2.24, 2.45) is 0 Å². The van der Waals surface area contributed by atoms with Crippen LogP contribution in [0.25, 0.3) is 22.3 Å². The van der Waals surface area contributed by atoms with Crippen LogP contribution in [0.2, 0.25) is 0 Å². The highest BCUT2D eigenvalue weighted by Crippen LogP contribution is 2.16. The molecule has 0 unspecified atom stereocenters. The van der Waals surface area contributed by atoms with Crippen molar-refractivity contribution in [3.63, 3.8) is 0 Å². The van der Waals surface area contributed by atoms with Crippen LogP contribution in [0.5, 0.6) is 0 Å². The van der Waals surface area contributed by atoms with Gasteiger partial charge in [0.15, 0.2) is 11.3 Å². The van der Waals surface area contributed by atoms with Gasteiger partial charge in [-0.3, -0.25) is 32.4 Å². The summed E-state index contributed by atoms with van der Waals surface area (Å²) in [5.74, 6) is 1.40. The molecule has 4 heterocycles. The molecule has 0 aliphatic carbocycles. The Morgan fingerprint density at radius 2 is 1.08 bits per heavy atom. The van der Waals surface area contributed by atoms with E-state index < -0.39 is 32.6 Å². The lowest BCUT2D eigenvalue weighted by Gasteiger charge is -2.11. The minimum absolute atomic E-state index is 0.0660. The molecule has 0 amide bonds. The smallest absolute Gasteiger partial charge is 0.332 e. The quantitative estimate of drug-likeness (QED) is 0.0194. The van der Waals surface area contributed by atoms with Gasteiger partial charge in [0.2, 0.25) is 0 Å². The highest BCUT2D eigenvalue weighted by atomic mass is 32.2. The number of fused-ring (bicyclic) bond motifs is 2. The van der Waals surface area contributed by atoms with Gasteiger partial charge in [-0.25, -0.2) is 24.8 Å². The summed E-state index contributed by atoms with van der Waals surface area (Å²) in [6, 6.07) is 32.7. The number of benzene rings is 4. The molecule has 0 aliphatic heterocycles. The van der Waals surface area contributed by atoms with Gasteiger partial charge in [0.05, 0.1) is 4.90 Å². The zero-order chi connectivity index (χ0) is 46.8. The van der Waals surface area contributed by atoms with Crippen molar-refractivity contribution in [3.05, 3.63) is 185 Å². The number of aromatic nitrogens is 8. The molecule has 8 rings (SSSR count). The van der Waals surface area contributed by atoms with Crippen LogP contribution in [0, 0.1) is 0 Å².